The highest BCUT2D eigenvalue weighted by Gasteiger charge is 2.29. The third kappa shape index (κ3) is 3.79. The Morgan fingerprint density at radius 3 is 2.56 bits per heavy atom. The maximum absolute atomic E-state index is 14.8. The number of aryl methyl sites for hydroxylation is 1. The number of hydrogen-bond donors (Lipinski definition) is 1. The second-order valence-corrected chi connectivity index (χ2v) is 7.81. The van der Waals surface area contributed by atoms with Gasteiger partial charge in [-0.3, -0.25) is 9.48 Å². The average Bonchev–Trinajstić information content (AvgIpc) is 3.47. The Bertz CT molecular complexity index is 1340. The number of carbonyl (C=O) groups excluding carboxylic acids is 1. The quantitative estimate of drug-likeness (QED) is 0.468. The highest BCUT2D eigenvalue weighted by atomic mass is 19.1. The van der Waals surface area contributed by atoms with E-state index < -0.39 is 17.2 Å². The molecule has 1 unspecified atom stereocenters. The van der Waals surface area contributed by atoms with Gasteiger partial charge in [0.05, 0.1) is 31.2 Å². The van der Waals surface area contributed by atoms with E-state index in [2.05, 4.69) is 28.5 Å². The number of halogens is 2. The Morgan fingerprint density at radius 1 is 1.26 bits per heavy atom. The molecule has 2 aromatic heterocycles. The highest BCUT2D eigenvalue weighted by molar-refractivity contribution is 5.95. The average molecular weight is 467 g/mol. The highest BCUT2D eigenvalue weighted by Crippen LogP contribution is 2.33. The minimum absolute atomic E-state index is 0.132. The van der Waals surface area contributed by atoms with Gasteiger partial charge in [-0.25, -0.2) is 13.8 Å². The van der Waals surface area contributed by atoms with Crippen molar-refractivity contribution in [3.63, 3.8) is 0 Å². The summed E-state index contributed by atoms with van der Waals surface area (Å²) in [6, 6.07) is 0.981. The monoisotopic (exact) mass is 467 g/mol. The van der Waals surface area contributed by atoms with Gasteiger partial charge in [0.15, 0.2) is 23.1 Å². The number of nitrogen functional groups attached to an aromatic ring is 1. The molecule has 1 amide bonds. The number of ether oxygens (including phenoxy) is 2. The summed E-state index contributed by atoms with van der Waals surface area (Å²) in [6.07, 6.45) is 3.57. The summed E-state index contributed by atoms with van der Waals surface area (Å²) >= 11 is 0. The number of nitrogens with zero attached hydrogens (tertiary/aromatic N) is 4. The largest absolute Gasteiger partial charge is 0.493 e. The van der Waals surface area contributed by atoms with Crippen molar-refractivity contribution in [3.8, 4) is 23.3 Å². The number of carbonyl (C=O) groups is 1. The molecule has 176 valence electrons. The first kappa shape index (κ1) is 23.0. The third-order valence-corrected chi connectivity index (χ3v) is 5.81. The number of benzene rings is 1. The Balaban J connectivity index is 1.86. The van der Waals surface area contributed by atoms with Crippen LogP contribution in [0.5, 0.6) is 11.5 Å². The summed E-state index contributed by atoms with van der Waals surface area (Å²) in [5, 5.41) is 5.11. The van der Waals surface area contributed by atoms with Gasteiger partial charge in [0.1, 0.15) is 17.1 Å². The fourth-order valence-corrected chi connectivity index (χ4v) is 4.09. The Morgan fingerprint density at radius 2 is 1.94 bits per heavy atom. The van der Waals surface area contributed by atoms with Gasteiger partial charge >= 0.3 is 0 Å². The molecule has 1 aromatic carbocycles. The SMILES string of the molecule is C=CC(=O)N1CCC(n2nc(C#Cc3c(F)c(OC)cc(OC)c3F)c3c(N)ncc(C)c32)C1. The van der Waals surface area contributed by atoms with Crippen LogP contribution in [-0.4, -0.2) is 52.9 Å². The normalized spacial score (nSPS) is 15.2. The number of rotatable bonds is 4. The molecule has 1 atom stereocenters. The van der Waals surface area contributed by atoms with E-state index in [0.29, 0.717) is 30.4 Å². The van der Waals surface area contributed by atoms with Crippen molar-refractivity contribution >= 4 is 22.6 Å². The van der Waals surface area contributed by atoms with E-state index in [9.17, 15) is 13.6 Å². The van der Waals surface area contributed by atoms with Crippen LogP contribution >= 0.6 is 0 Å². The predicted octanol–water partition coefficient (Wildman–Crippen LogP) is 2.98. The molecule has 1 aliphatic rings. The number of hydrogen-bond acceptors (Lipinski definition) is 6. The molecule has 2 N–H and O–H groups in total. The molecule has 0 saturated carbocycles. The van der Waals surface area contributed by atoms with Gasteiger partial charge < -0.3 is 20.1 Å². The van der Waals surface area contributed by atoms with Crippen LogP contribution in [0.3, 0.4) is 0 Å². The van der Waals surface area contributed by atoms with Crippen LogP contribution in [0.4, 0.5) is 14.6 Å². The first-order valence-electron chi connectivity index (χ1n) is 10.5. The molecule has 0 radical (unpaired) electrons. The van der Waals surface area contributed by atoms with E-state index in [-0.39, 0.29) is 35.0 Å². The molecule has 34 heavy (non-hydrogen) atoms. The maximum Gasteiger partial charge on any atom is 0.246 e. The van der Waals surface area contributed by atoms with Gasteiger partial charge in [0.2, 0.25) is 5.91 Å². The molecule has 10 heteroatoms. The van der Waals surface area contributed by atoms with Crippen molar-refractivity contribution in [2.24, 2.45) is 0 Å². The molecule has 0 bridgehead atoms. The van der Waals surface area contributed by atoms with Crippen molar-refractivity contribution in [1.29, 1.82) is 0 Å². The van der Waals surface area contributed by atoms with Crippen molar-refractivity contribution in [3.05, 3.63) is 53.4 Å². The zero-order chi connectivity index (χ0) is 24.6. The molecule has 0 spiro atoms. The molecule has 1 saturated heterocycles. The summed E-state index contributed by atoms with van der Waals surface area (Å²) in [5.41, 5.74) is 7.38. The van der Waals surface area contributed by atoms with Crippen LogP contribution in [-0.2, 0) is 4.79 Å². The first-order valence-corrected chi connectivity index (χ1v) is 10.5. The fourth-order valence-electron chi connectivity index (χ4n) is 4.09. The number of methoxy groups -OCH3 is 2. The van der Waals surface area contributed by atoms with Crippen LogP contribution in [0.15, 0.2) is 24.9 Å². The molecular formula is C24H23F2N5O3. The van der Waals surface area contributed by atoms with Crippen LogP contribution in [0.25, 0.3) is 10.9 Å². The number of likely N-dealkylation sites (tertiary alicyclic amines) is 1. The summed E-state index contributed by atoms with van der Waals surface area (Å²) in [4.78, 5) is 17.9. The van der Waals surface area contributed by atoms with E-state index in [1.807, 2.05) is 6.92 Å². The predicted molar refractivity (Wildman–Crippen MR) is 123 cm³/mol. The second kappa shape index (κ2) is 9.02. The van der Waals surface area contributed by atoms with Crippen LogP contribution < -0.4 is 15.2 Å². The molecular weight excluding hydrogens is 444 g/mol. The number of amides is 1. The van der Waals surface area contributed by atoms with Gasteiger partial charge in [-0.05, 0) is 30.9 Å². The van der Waals surface area contributed by atoms with E-state index in [1.54, 1.807) is 15.8 Å². The molecule has 3 heterocycles. The molecule has 3 aromatic rings. The van der Waals surface area contributed by atoms with Gasteiger partial charge in [0.25, 0.3) is 0 Å². The summed E-state index contributed by atoms with van der Waals surface area (Å²) in [6.45, 7) is 6.39. The summed E-state index contributed by atoms with van der Waals surface area (Å²) in [5.74, 6) is 3.02. The van der Waals surface area contributed by atoms with E-state index >= 15 is 0 Å². The molecule has 1 fully saturated rings. The van der Waals surface area contributed by atoms with E-state index in [4.69, 9.17) is 15.2 Å². The lowest BCUT2D eigenvalue weighted by molar-refractivity contribution is -0.125. The minimum atomic E-state index is -0.950. The smallest absolute Gasteiger partial charge is 0.246 e. The number of fused-ring (bicyclic) bond motifs is 1. The Labute approximate surface area is 194 Å². The lowest BCUT2D eigenvalue weighted by Crippen LogP contribution is -2.27. The molecule has 1 aliphatic heterocycles. The molecule has 8 nitrogen and oxygen atoms in total. The maximum atomic E-state index is 14.8. The Kier molecular flexibility index (Phi) is 6.11. The van der Waals surface area contributed by atoms with E-state index in [1.165, 1.54) is 20.3 Å². The number of anilines is 1. The van der Waals surface area contributed by atoms with Crippen molar-refractivity contribution < 1.29 is 23.0 Å². The number of nitrogens with two attached hydrogens (primary N) is 1. The standard InChI is InChI=1S/C24H23F2N5O3/c1-5-19(32)30-9-8-14(12-30)31-23-13(2)11-28-24(27)20(23)16(29-31)7-6-15-21(25)17(33-3)10-18(34-4)22(15)26/h5,10-11,14H,1,8-9,12H2,2-4H3,(H2,27,28). The zero-order valence-corrected chi connectivity index (χ0v) is 19.0. The van der Waals surface area contributed by atoms with Crippen molar-refractivity contribution in [2.45, 2.75) is 19.4 Å². The van der Waals surface area contributed by atoms with Crippen molar-refractivity contribution in [1.82, 2.24) is 19.7 Å². The van der Waals surface area contributed by atoms with Gasteiger partial charge in [-0.15, -0.1) is 0 Å². The van der Waals surface area contributed by atoms with Gasteiger partial charge in [-0.1, -0.05) is 12.5 Å². The van der Waals surface area contributed by atoms with Crippen molar-refractivity contribution in [2.75, 3.05) is 33.0 Å². The lowest BCUT2D eigenvalue weighted by atomic mass is 10.1. The third-order valence-electron chi connectivity index (χ3n) is 5.81. The number of aromatic nitrogens is 3. The second-order valence-electron chi connectivity index (χ2n) is 7.81. The van der Waals surface area contributed by atoms with Gasteiger partial charge in [-0.2, -0.15) is 5.10 Å². The summed E-state index contributed by atoms with van der Waals surface area (Å²) < 4.78 is 41.3. The number of pyridine rings is 1. The van der Waals surface area contributed by atoms with Crippen LogP contribution in [0.1, 0.15) is 29.3 Å². The fraction of sp³-hybridized carbons (Fsp3) is 0.292. The van der Waals surface area contributed by atoms with Crippen LogP contribution in [0.2, 0.25) is 0 Å². The Hall–Kier alpha value is -4.13. The zero-order valence-electron chi connectivity index (χ0n) is 19.0. The topological polar surface area (TPSA) is 95.5 Å². The van der Waals surface area contributed by atoms with Crippen LogP contribution in [0, 0.1) is 30.4 Å². The first-order chi connectivity index (χ1) is 16.3. The minimum Gasteiger partial charge on any atom is -0.493 e. The lowest BCUT2D eigenvalue weighted by Gasteiger charge is -2.15. The van der Waals surface area contributed by atoms with Gasteiger partial charge in [0, 0.05) is 25.4 Å². The van der Waals surface area contributed by atoms with E-state index in [0.717, 1.165) is 11.6 Å². The summed E-state index contributed by atoms with van der Waals surface area (Å²) in [7, 11) is 2.53. The molecule has 4 rings (SSSR count). The molecule has 0 aliphatic carbocycles.